The van der Waals surface area contributed by atoms with Crippen molar-refractivity contribution in [2.45, 2.75) is 39.9 Å². The first-order chi connectivity index (χ1) is 15.2. The van der Waals surface area contributed by atoms with Gasteiger partial charge < -0.3 is 9.64 Å². The van der Waals surface area contributed by atoms with Crippen LogP contribution in [0.4, 0.5) is 5.69 Å². The Balaban J connectivity index is 1.80. The Morgan fingerprint density at radius 3 is 2.31 bits per heavy atom. The van der Waals surface area contributed by atoms with Crippen molar-refractivity contribution < 1.29 is 14.5 Å². The predicted octanol–water partition coefficient (Wildman–Crippen LogP) is 4.31. The smallest absolute Gasteiger partial charge is 0.272 e. The lowest BCUT2D eigenvalue weighted by molar-refractivity contribution is -0.384. The van der Waals surface area contributed by atoms with Crippen molar-refractivity contribution in [1.29, 1.82) is 0 Å². The van der Waals surface area contributed by atoms with E-state index in [1.54, 1.807) is 27.8 Å². The van der Waals surface area contributed by atoms with Crippen molar-refractivity contribution in [1.82, 2.24) is 14.7 Å². The Labute approximate surface area is 186 Å². The molecule has 1 aliphatic heterocycles. The largest absolute Gasteiger partial charge is 0.372 e. The van der Waals surface area contributed by atoms with Crippen LogP contribution in [0.15, 0.2) is 48.5 Å². The Morgan fingerprint density at radius 2 is 1.72 bits per heavy atom. The van der Waals surface area contributed by atoms with Crippen LogP contribution < -0.4 is 0 Å². The Bertz CT molecular complexity index is 1160. The van der Waals surface area contributed by atoms with E-state index in [-0.39, 0.29) is 23.8 Å². The molecule has 0 radical (unpaired) electrons. The molecule has 0 aliphatic carbocycles. The van der Waals surface area contributed by atoms with Crippen LogP contribution in [0.3, 0.4) is 0 Å². The van der Waals surface area contributed by atoms with Gasteiger partial charge in [-0.2, -0.15) is 5.10 Å². The van der Waals surface area contributed by atoms with Gasteiger partial charge in [0.2, 0.25) is 0 Å². The molecule has 2 unspecified atom stereocenters. The minimum Gasteiger partial charge on any atom is -0.372 e. The van der Waals surface area contributed by atoms with Gasteiger partial charge in [-0.3, -0.25) is 14.9 Å². The number of amides is 1. The number of nitrogens with zero attached hydrogens (tertiary/aromatic N) is 4. The van der Waals surface area contributed by atoms with E-state index in [0.29, 0.717) is 30.0 Å². The first-order valence-electron chi connectivity index (χ1n) is 10.6. The lowest BCUT2D eigenvalue weighted by Gasteiger charge is -2.35. The molecule has 0 spiro atoms. The predicted molar refractivity (Wildman–Crippen MR) is 121 cm³/mol. The van der Waals surface area contributed by atoms with Crippen molar-refractivity contribution in [2.75, 3.05) is 13.1 Å². The Morgan fingerprint density at radius 1 is 1.06 bits per heavy atom. The number of benzene rings is 2. The van der Waals surface area contributed by atoms with Gasteiger partial charge in [0.25, 0.3) is 11.6 Å². The molecule has 1 amide bonds. The summed E-state index contributed by atoms with van der Waals surface area (Å²) in [5, 5.41) is 15.7. The van der Waals surface area contributed by atoms with Crippen molar-refractivity contribution in [3.8, 4) is 16.9 Å². The highest BCUT2D eigenvalue weighted by molar-refractivity contribution is 5.94. The molecular formula is C24H26N4O4. The monoisotopic (exact) mass is 434 g/mol. The lowest BCUT2D eigenvalue weighted by Crippen LogP contribution is -2.48. The zero-order valence-electron chi connectivity index (χ0n) is 18.6. The summed E-state index contributed by atoms with van der Waals surface area (Å²) in [7, 11) is 0. The molecule has 1 aromatic heterocycles. The average Bonchev–Trinajstić information content (AvgIpc) is 3.17. The standard InChI is InChI=1S/C24H26N4O4/c1-15-5-10-22(16(2)11-15)27-23(24(29)26-13-17(3)32-18(4)14-26)12-21(25-27)19-6-8-20(9-7-19)28(30)31/h5-12,17-18H,13-14H2,1-4H3. The first kappa shape index (κ1) is 21.7. The van der Waals surface area contributed by atoms with Gasteiger partial charge in [0.15, 0.2) is 0 Å². The SMILES string of the molecule is Cc1ccc(-n2nc(-c3ccc([N+](=O)[O-])cc3)cc2C(=O)N2CC(C)OC(C)C2)c(C)c1. The second-order valence-corrected chi connectivity index (χ2v) is 8.39. The molecule has 0 bridgehead atoms. The number of carbonyl (C=O) groups excluding carboxylic acids is 1. The van der Waals surface area contributed by atoms with E-state index in [0.717, 1.165) is 16.8 Å². The molecule has 166 valence electrons. The van der Waals surface area contributed by atoms with Crippen LogP contribution in [0.25, 0.3) is 16.9 Å². The minimum absolute atomic E-state index is 0.00940. The second kappa shape index (κ2) is 8.55. The number of aryl methyl sites for hydroxylation is 2. The molecule has 8 heteroatoms. The number of non-ortho nitro benzene ring substituents is 1. The molecule has 0 N–H and O–H groups in total. The maximum atomic E-state index is 13.6. The van der Waals surface area contributed by atoms with Gasteiger partial charge in [0, 0.05) is 30.8 Å². The summed E-state index contributed by atoms with van der Waals surface area (Å²) in [6, 6.07) is 13.9. The highest BCUT2D eigenvalue weighted by Gasteiger charge is 2.29. The van der Waals surface area contributed by atoms with E-state index in [1.165, 1.54) is 12.1 Å². The van der Waals surface area contributed by atoms with E-state index in [1.807, 2.05) is 39.8 Å². The third-order valence-electron chi connectivity index (χ3n) is 5.59. The van der Waals surface area contributed by atoms with Crippen LogP contribution in [0.2, 0.25) is 0 Å². The van der Waals surface area contributed by atoms with Crippen LogP contribution in [0, 0.1) is 24.0 Å². The van der Waals surface area contributed by atoms with Gasteiger partial charge in [-0.05, 0) is 57.5 Å². The molecule has 2 atom stereocenters. The fourth-order valence-electron chi connectivity index (χ4n) is 4.16. The number of hydrogen-bond donors (Lipinski definition) is 0. The molecule has 2 heterocycles. The quantitative estimate of drug-likeness (QED) is 0.451. The summed E-state index contributed by atoms with van der Waals surface area (Å²) in [4.78, 5) is 25.9. The van der Waals surface area contributed by atoms with Gasteiger partial charge in [-0.1, -0.05) is 17.7 Å². The number of hydrogen-bond acceptors (Lipinski definition) is 5. The van der Waals surface area contributed by atoms with Crippen LogP contribution >= 0.6 is 0 Å². The third kappa shape index (κ3) is 4.27. The molecule has 0 saturated carbocycles. The van der Waals surface area contributed by atoms with Crippen LogP contribution in [0.5, 0.6) is 0 Å². The van der Waals surface area contributed by atoms with Crippen molar-refractivity contribution in [3.05, 3.63) is 75.5 Å². The molecule has 32 heavy (non-hydrogen) atoms. The fraction of sp³-hybridized carbons (Fsp3) is 0.333. The van der Waals surface area contributed by atoms with Crippen molar-refractivity contribution in [2.24, 2.45) is 0 Å². The number of ether oxygens (including phenoxy) is 1. The summed E-state index contributed by atoms with van der Waals surface area (Å²) in [5.74, 6) is -0.118. The number of nitro benzene ring substituents is 1. The normalized spacial score (nSPS) is 18.6. The number of aromatic nitrogens is 2. The molecule has 1 fully saturated rings. The van der Waals surface area contributed by atoms with Gasteiger partial charge in [0.1, 0.15) is 5.69 Å². The van der Waals surface area contributed by atoms with E-state index in [4.69, 9.17) is 9.84 Å². The molecule has 3 aromatic rings. The van der Waals surface area contributed by atoms with Gasteiger partial charge in [0.05, 0.1) is 28.5 Å². The highest BCUT2D eigenvalue weighted by Crippen LogP contribution is 2.27. The van der Waals surface area contributed by atoms with Crippen molar-refractivity contribution >= 4 is 11.6 Å². The Kier molecular flexibility index (Phi) is 5.80. The molecular weight excluding hydrogens is 408 g/mol. The molecule has 2 aromatic carbocycles. The topological polar surface area (TPSA) is 90.5 Å². The average molecular weight is 434 g/mol. The van der Waals surface area contributed by atoms with E-state index in [2.05, 4.69) is 6.07 Å². The first-order valence-corrected chi connectivity index (χ1v) is 10.6. The fourth-order valence-corrected chi connectivity index (χ4v) is 4.16. The summed E-state index contributed by atoms with van der Waals surface area (Å²) in [5.41, 5.74) is 4.69. The molecule has 1 aliphatic rings. The molecule has 1 saturated heterocycles. The molecule has 4 rings (SSSR count). The van der Waals surface area contributed by atoms with Gasteiger partial charge in [-0.25, -0.2) is 4.68 Å². The van der Waals surface area contributed by atoms with Crippen LogP contribution in [-0.4, -0.2) is 50.8 Å². The molecule has 8 nitrogen and oxygen atoms in total. The third-order valence-corrected chi connectivity index (χ3v) is 5.59. The maximum absolute atomic E-state index is 13.6. The van der Waals surface area contributed by atoms with Crippen LogP contribution in [-0.2, 0) is 4.74 Å². The van der Waals surface area contributed by atoms with E-state index in [9.17, 15) is 14.9 Å². The summed E-state index contributed by atoms with van der Waals surface area (Å²) in [6.45, 7) is 8.94. The van der Waals surface area contributed by atoms with Crippen LogP contribution in [0.1, 0.15) is 35.5 Å². The van der Waals surface area contributed by atoms with E-state index < -0.39 is 4.92 Å². The minimum atomic E-state index is -0.437. The number of rotatable bonds is 4. The summed E-state index contributed by atoms with van der Waals surface area (Å²) >= 11 is 0. The maximum Gasteiger partial charge on any atom is 0.272 e. The van der Waals surface area contributed by atoms with Gasteiger partial charge in [-0.15, -0.1) is 0 Å². The second-order valence-electron chi connectivity index (χ2n) is 8.39. The van der Waals surface area contributed by atoms with Crippen molar-refractivity contribution in [3.63, 3.8) is 0 Å². The zero-order valence-corrected chi connectivity index (χ0v) is 18.6. The highest BCUT2D eigenvalue weighted by atomic mass is 16.6. The Hall–Kier alpha value is -3.52. The van der Waals surface area contributed by atoms with E-state index >= 15 is 0 Å². The number of nitro groups is 1. The van der Waals surface area contributed by atoms with Gasteiger partial charge >= 0.3 is 0 Å². The number of carbonyl (C=O) groups is 1. The number of morpholine rings is 1. The summed E-state index contributed by atoms with van der Waals surface area (Å²) < 4.78 is 7.46. The zero-order chi connectivity index (χ0) is 23.0. The lowest BCUT2D eigenvalue weighted by atomic mass is 10.1. The summed E-state index contributed by atoms with van der Waals surface area (Å²) in [6.07, 6.45) is -0.0938.